The van der Waals surface area contributed by atoms with Gasteiger partial charge in [-0.15, -0.1) is 0 Å². The molecule has 0 aliphatic carbocycles. The second-order valence-electron chi connectivity index (χ2n) is 3.68. The summed E-state index contributed by atoms with van der Waals surface area (Å²) in [5.74, 6) is 0. The van der Waals surface area contributed by atoms with Crippen molar-refractivity contribution in [2.75, 3.05) is 6.16 Å². The Hall–Kier alpha value is -0.346. The largest absolute Gasteiger partial charge is 2.00 e. The van der Waals surface area contributed by atoms with E-state index in [0.29, 0.717) is 0 Å². The Labute approximate surface area is 127 Å². The molecule has 0 aliphatic rings. The Morgan fingerprint density at radius 2 is 1.17 bits per heavy atom. The van der Waals surface area contributed by atoms with E-state index in [9.17, 15) is 0 Å². The van der Waals surface area contributed by atoms with Crippen molar-refractivity contribution < 1.29 is 28.9 Å². The van der Waals surface area contributed by atoms with Crippen LogP contribution in [-0.2, 0) is 16.5 Å². The van der Waals surface area contributed by atoms with Crippen LogP contribution in [0.2, 0.25) is 0 Å². The van der Waals surface area contributed by atoms with E-state index in [2.05, 4.69) is 67.6 Å². The van der Waals surface area contributed by atoms with Crippen LogP contribution in [0.3, 0.4) is 0 Å². The van der Waals surface area contributed by atoms with Crippen molar-refractivity contribution >= 4 is 18.5 Å². The molecule has 0 nitrogen and oxygen atoms in total. The zero-order valence-electron chi connectivity index (χ0n) is 10.0. The quantitative estimate of drug-likeness (QED) is 0.433. The molecule has 0 radical (unpaired) electrons. The molecule has 0 bridgehead atoms. The van der Waals surface area contributed by atoms with Crippen molar-refractivity contribution in [1.82, 2.24) is 0 Å². The molecule has 2 aromatic carbocycles. The van der Waals surface area contributed by atoms with Gasteiger partial charge in [0.1, 0.15) is 0 Å². The van der Waals surface area contributed by atoms with E-state index < -0.39 is 0 Å². The maximum atomic E-state index is 3.99. The topological polar surface area (TPSA) is 0 Å². The van der Waals surface area contributed by atoms with Crippen molar-refractivity contribution in [1.29, 1.82) is 0 Å². The van der Waals surface area contributed by atoms with Gasteiger partial charge in [0.15, 0.2) is 0 Å². The standard InChI is InChI=1S/C15H16P.ClH.Ni/c1-2-13-16(14-9-5-3-6-10-14)15-11-7-4-8-12-15;;/h3-12H,1-2,13H2;1H;/q-1;;+2/p-1. The minimum absolute atomic E-state index is 0. The molecule has 0 aliphatic heterocycles. The molecule has 0 aromatic heterocycles. The van der Waals surface area contributed by atoms with Crippen molar-refractivity contribution in [3.63, 3.8) is 0 Å². The SMILES string of the molecule is [CH2-]CCP(c1ccccc1)c1ccccc1.[Cl-].[Ni+2]. The fourth-order valence-electron chi connectivity index (χ4n) is 1.78. The molecule has 18 heavy (non-hydrogen) atoms. The molecule has 0 saturated heterocycles. The van der Waals surface area contributed by atoms with Crippen molar-refractivity contribution in [3.8, 4) is 0 Å². The van der Waals surface area contributed by atoms with Gasteiger partial charge in [0.05, 0.1) is 0 Å². The third kappa shape index (κ3) is 4.73. The Balaban J connectivity index is 0.00000144. The first-order valence-electron chi connectivity index (χ1n) is 5.58. The number of rotatable bonds is 4. The third-order valence-electron chi connectivity index (χ3n) is 2.52. The van der Waals surface area contributed by atoms with E-state index in [1.807, 2.05) is 0 Å². The molecule has 0 amide bonds. The average Bonchev–Trinajstić information content (AvgIpc) is 2.38. The fourth-order valence-corrected chi connectivity index (χ4v) is 3.98. The molecule has 2 rings (SSSR count). The summed E-state index contributed by atoms with van der Waals surface area (Å²) in [4.78, 5) is 0. The average molecular weight is 321 g/mol. The molecule has 3 heteroatoms. The maximum Gasteiger partial charge on any atom is 2.00 e. The summed E-state index contributed by atoms with van der Waals surface area (Å²) in [6, 6.07) is 21.6. The summed E-state index contributed by atoms with van der Waals surface area (Å²) >= 11 is 0. The summed E-state index contributed by atoms with van der Waals surface area (Å²) in [6.45, 7) is 3.99. The first kappa shape index (κ1) is 17.7. The van der Waals surface area contributed by atoms with Gasteiger partial charge in [-0.3, -0.25) is 0 Å². The van der Waals surface area contributed by atoms with Crippen LogP contribution in [0.1, 0.15) is 6.42 Å². The minimum Gasteiger partial charge on any atom is -1.00 e. The van der Waals surface area contributed by atoms with Crippen LogP contribution in [0.25, 0.3) is 0 Å². The Kier molecular flexibility index (Phi) is 9.38. The van der Waals surface area contributed by atoms with Crippen LogP contribution < -0.4 is 23.0 Å². The van der Waals surface area contributed by atoms with E-state index in [1.165, 1.54) is 16.8 Å². The molecule has 0 saturated carbocycles. The van der Waals surface area contributed by atoms with Gasteiger partial charge in [-0.05, 0) is 18.5 Å². The normalized spacial score (nSPS) is 9.44. The zero-order chi connectivity index (χ0) is 11.2. The molecular weight excluding hydrogens is 305 g/mol. The van der Waals surface area contributed by atoms with Gasteiger partial charge in [0, 0.05) is 0 Å². The van der Waals surface area contributed by atoms with Crippen molar-refractivity contribution in [3.05, 3.63) is 67.6 Å². The van der Waals surface area contributed by atoms with Gasteiger partial charge in [0.25, 0.3) is 0 Å². The molecule has 2 aromatic rings. The van der Waals surface area contributed by atoms with Crippen LogP contribution in [0, 0.1) is 6.92 Å². The smallest absolute Gasteiger partial charge is 1.00 e. The Morgan fingerprint density at radius 1 is 0.778 bits per heavy atom. The predicted octanol–water partition coefficient (Wildman–Crippen LogP) is 0.345. The molecule has 0 N–H and O–H groups in total. The van der Waals surface area contributed by atoms with E-state index >= 15 is 0 Å². The monoisotopic (exact) mass is 320 g/mol. The van der Waals surface area contributed by atoms with Gasteiger partial charge in [-0.2, -0.15) is 6.42 Å². The van der Waals surface area contributed by atoms with Gasteiger partial charge in [-0.25, -0.2) is 0 Å². The molecular formula is C15H16ClNiP. The summed E-state index contributed by atoms with van der Waals surface area (Å²) in [5.41, 5.74) is 0. The molecule has 0 atom stereocenters. The van der Waals surface area contributed by atoms with Crippen LogP contribution in [0.5, 0.6) is 0 Å². The minimum atomic E-state index is -0.213. The first-order valence-corrected chi connectivity index (χ1v) is 7.11. The van der Waals surface area contributed by atoms with E-state index in [0.717, 1.165) is 6.42 Å². The van der Waals surface area contributed by atoms with Gasteiger partial charge >= 0.3 is 16.5 Å². The maximum absolute atomic E-state index is 3.99. The van der Waals surface area contributed by atoms with E-state index in [-0.39, 0.29) is 36.8 Å². The Morgan fingerprint density at radius 3 is 1.50 bits per heavy atom. The summed E-state index contributed by atoms with van der Waals surface area (Å²) in [5, 5.41) is 2.90. The van der Waals surface area contributed by atoms with Crippen LogP contribution in [-0.4, -0.2) is 6.16 Å². The predicted molar refractivity (Wildman–Crippen MR) is 73.9 cm³/mol. The van der Waals surface area contributed by atoms with Crippen LogP contribution in [0.4, 0.5) is 0 Å². The first-order chi connectivity index (χ1) is 7.92. The Bertz CT molecular complexity index is 380. The molecule has 0 heterocycles. The van der Waals surface area contributed by atoms with Gasteiger partial charge in [-0.1, -0.05) is 66.8 Å². The summed E-state index contributed by atoms with van der Waals surface area (Å²) in [7, 11) is -0.213. The van der Waals surface area contributed by atoms with Crippen molar-refractivity contribution in [2.24, 2.45) is 0 Å². The van der Waals surface area contributed by atoms with Crippen molar-refractivity contribution in [2.45, 2.75) is 6.42 Å². The molecule has 0 unspecified atom stereocenters. The van der Waals surface area contributed by atoms with E-state index in [1.54, 1.807) is 0 Å². The van der Waals surface area contributed by atoms with E-state index in [4.69, 9.17) is 0 Å². The van der Waals surface area contributed by atoms with Gasteiger partial charge in [0.2, 0.25) is 0 Å². The number of benzene rings is 2. The number of hydrogen-bond acceptors (Lipinski definition) is 0. The summed E-state index contributed by atoms with van der Waals surface area (Å²) < 4.78 is 0. The second kappa shape index (κ2) is 9.57. The second-order valence-corrected chi connectivity index (χ2v) is 6.01. The molecule has 0 spiro atoms. The number of halogens is 1. The fraction of sp³-hybridized carbons (Fsp3) is 0.133. The number of hydrogen-bond donors (Lipinski definition) is 0. The van der Waals surface area contributed by atoms with Gasteiger partial charge < -0.3 is 19.3 Å². The molecule has 98 valence electrons. The third-order valence-corrected chi connectivity index (χ3v) is 5.12. The zero-order valence-corrected chi connectivity index (χ0v) is 12.7. The molecule has 0 fully saturated rings. The summed E-state index contributed by atoms with van der Waals surface area (Å²) in [6.07, 6.45) is 2.17. The van der Waals surface area contributed by atoms with Crippen LogP contribution >= 0.6 is 7.92 Å². The van der Waals surface area contributed by atoms with Crippen LogP contribution in [0.15, 0.2) is 60.7 Å².